The molecule has 1 amide bonds. The minimum absolute atomic E-state index is 0.0573. The van der Waals surface area contributed by atoms with E-state index < -0.39 is 11.1 Å². The lowest BCUT2D eigenvalue weighted by atomic mass is 9.87. The molecule has 4 aromatic rings. The third-order valence-electron chi connectivity index (χ3n) is 7.09. The molecule has 3 aromatic heterocycles. The van der Waals surface area contributed by atoms with Gasteiger partial charge >= 0.3 is 0 Å². The van der Waals surface area contributed by atoms with Gasteiger partial charge in [-0.1, -0.05) is 31.0 Å². The fourth-order valence-corrected chi connectivity index (χ4v) is 5.63. The number of nitrogens with zero attached hydrogens (tertiary/aromatic N) is 4. The second-order valence-electron chi connectivity index (χ2n) is 9.61. The van der Waals surface area contributed by atoms with Crippen molar-refractivity contribution in [1.29, 1.82) is 0 Å². The maximum atomic E-state index is 12.3. The van der Waals surface area contributed by atoms with Crippen molar-refractivity contribution in [3.63, 3.8) is 0 Å². The molecule has 1 saturated heterocycles. The Labute approximate surface area is 212 Å². The predicted octanol–water partition coefficient (Wildman–Crippen LogP) is 3.98. The van der Waals surface area contributed by atoms with Crippen LogP contribution in [0.3, 0.4) is 0 Å². The molecule has 36 heavy (non-hydrogen) atoms. The maximum Gasteiger partial charge on any atom is 0.223 e. The Hall–Kier alpha value is -3.24. The van der Waals surface area contributed by atoms with Crippen molar-refractivity contribution >= 4 is 33.5 Å². The van der Waals surface area contributed by atoms with Gasteiger partial charge in [0.2, 0.25) is 5.91 Å². The van der Waals surface area contributed by atoms with Crippen molar-refractivity contribution < 1.29 is 18.3 Å². The van der Waals surface area contributed by atoms with Gasteiger partial charge in [0.25, 0.3) is 0 Å². The highest BCUT2D eigenvalue weighted by molar-refractivity contribution is 7.79. The summed E-state index contributed by atoms with van der Waals surface area (Å²) in [4.78, 5) is 22.0. The van der Waals surface area contributed by atoms with Crippen LogP contribution in [-0.4, -0.2) is 65.1 Å². The highest BCUT2D eigenvalue weighted by atomic mass is 32.2. The molecule has 1 aliphatic rings. The summed E-state index contributed by atoms with van der Waals surface area (Å²) in [5.41, 5.74) is 6.30. The van der Waals surface area contributed by atoms with Crippen LogP contribution < -0.4 is 4.74 Å². The molecule has 9 nitrogen and oxygen atoms in total. The summed E-state index contributed by atoms with van der Waals surface area (Å²) >= 11 is -2.18. The summed E-state index contributed by atoms with van der Waals surface area (Å²) in [5, 5.41) is 5.51. The molecule has 1 N–H and O–H groups in total. The summed E-state index contributed by atoms with van der Waals surface area (Å²) in [6.07, 6.45) is 5.28. The summed E-state index contributed by atoms with van der Waals surface area (Å²) < 4.78 is 28.9. The molecule has 1 atom stereocenters. The minimum Gasteiger partial charge on any atom is -0.772 e. The number of methoxy groups -OCH3 is 1. The number of ether oxygens (including phenoxy) is 1. The molecule has 1 aromatic carbocycles. The molecule has 0 bridgehead atoms. The second-order valence-corrected chi connectivity index (χ2v) is 10.6. The number of nitrogens with one attached hydrogen (secondary N) is 1. The number of aromatic nitrogens is 4. The molecule has 0 saturated carbocycles. The zero-order valence-corrected chi connectivity index (χ0v) is 21.5. The van der Waals surface area contributed by atoms with Gasteiger partial charge in [-0.15, -0.1) is 0 Å². The Morgan fingerprint density at radius 3 is 2.75 bits per heavy atom. The summed E-state index contributed by atoms with van der Waals surface area (Å²) in [5.74, 6) is 1.12. The number of rotatable bonds is 7. The Balaban J connectivity index is 1.44. The van der Waals surface area contributed by atoms with E-state index in [0.717, 1.165) is 29.6 Å². The number of aromatic amines is 1. The normalized spacial score (nSPS) is 15.8. The Morgan fingerprint density at radius 2 is 2.06 bits per heavy atom. The van der Waals surface area contributed by atoms with Crippen molar-refractivity contribution in [3.05, 3.63) is 47.9 Å². The van der Waals surface area contributed by atoms with E-state index in [1.807, 2.05) is 12.3 Å². The fourth-order valence-electron chi connectivity index (χ4n) is 5.29. The van der Waals surface area contributed by atoms with Crippen LogP contribution in [0.1, 0.15) is 56.1 Å². The average molecular weight is 509 g/mol. The first-order valence-electron chi connectivity index (χ1n) is 12.2. The number of benzene rings is 1. The van der Waals surface area contributed by atoms with Crippen molar-refractivity contribution in [1.82, 2.24) is 24.5 Å². The number of likely N-dealkylation sites (tertiary alicyclic amines) is 1. The third-order valence-corrected chi connectivity index (χ3v) is 7.63. The highest BCUT2D eigenvalue weighted by Crippen LogP contribution is 2.39. The standard InChI is InChI=1S/C26H31N5O4S/c1-16(2)24-20-12-18(17-6-9-30(10-7-17)23(32)8-11-36(33)34)4-5-21(20)29-25(24)19-13-22(35-3)26-27-15-28-31(26)14-19/h4-5,12-17,29H,6-11H2,1-3H3,(H,33,34)/p-1. The number of hydrogen-bond donors (Lipinski definition) is 1. The first kappa shape index (κ1) is 24.5. The zero-order chi connectivity index (χ0) is 25.4. The van der Waals surface area contributed by atoms with Crippen LogP contribution in [0.5, 0.6) is 5.75 Å². The van der Waals surface area contributed by atoms with Gasteiger partial charge < -0.3 is 19.2 Å². The minimum atomic E-state index is -2.18. The first-order chi connectivity index (χ1) is 17.4. The van der Waals surface area contributed by atoms with Gasteiger partial charge in [-0.2, -0.15) is 5.10 Å². The quantitative estimate of drug-likeness (QED) is 0.378. The number of amides is 1. The van der Waals surface area contributed by atoms with E-state index in [1.165, 1.54) is 22.8 Å². The lowest BCUT2D eigenvalue weighted by Gasteiger charge is -2.32. The van der Waals surface area contributed by atoms with Crippen molar-refractivity contribution in [2.75, 3.05) is 26.0 Å². The lowest BCUT2D eigenvalue weighted by Crippen LogP contribution is -2.38. The van der Waals surface area contributed by atoms with Crippen molar-refractivity contribution in [2.45, 2.75) is 44.9 Å². The van der Waals surface area contributed by atoms with Gasteiger partial charge in [-0.05, 0) is 54.0 Å². The highest BCUT2D eigenvalue weighted by Gasteiger charge is 2.25. The Morgan fingerprint density at radius 1 is 1.28 bits per heavy atom. The van der Waals surface area contributed by atoms with Gasteiger partial charge in [0.1, 0.15) is 6.33 Å². The molecule has 10 heteroatoms. The largest absolute Gasteiger partial charge is 0.772 e. The maximum absolute atomic E-state index is 12.3. The van der Waals surface area contributed by atoms with Crippen LogP contribution >= 0.6 is 0 Å². The molecule has 1 unspecified atom stereocenters. The van der Waals surface area contributed by atoms with Crippen molar-refractivity contribution in [2.24, 2.45) is 0 Å². The van der Waals surface area contributed by atoms with Crippen LogP contribution in [0.25, 0.3) is 27.8 Å². The number of hydrogen-bond acceptors (Lipinski definition) is 6. The summed E-state index contributed by atoms with van der Waals surface area (Å²) in [6.45, 7) is 5.70. The van der Waals surface area contributed by atoms with Crippen LogP contribution in [0.4, 0.5) is 0 Å². The van der Waals surface area contributed by atoms with E-state index in [-0.39, 0.29) is 24.0 Å². The van der Waals surface area contributed by atoms with Crippen LogP contribution in [0.2, 0.25) is 0 Å². The van der Waals surface area contributed by atoms with Gasteiger partial charge in [-0.3, -0.25) is 9.00 Å². The van der Waals surface area contributed by atoms with Gasteiger partial charge in [0.15, 0.2) is 11.4 Å². The SMILES string of the molecule is COc1cc(-c2[nH]c3ccc(C4CCN(C(=O)CCS(=O)[O-])CC4)cc3c2C(C)C)cn2ncnc12. The molecule has 0 aliphatic carbocycles. The summed E-state index contributed by atoms with van der Waals surface area (Å²) in [6, 6.07) is 8.61. The molecule has 4 heterocycles. The summed E-state index contributed by atoms with van der Waals surface area (Å²) in [7, 11) is 1.64. The van der Waals surface area contributed by atoms with Crippen LogP contribution in [0.15, 0.2) is 36.8 Å². The average Bonchev–Trinajstić information content (AvgIpc) is 3.51. The Bertz CT molecular complexity index is 1440. The van der Waals surface area contributed by atoms with E-state index in [1.54, 1.807) is 16.5 Å². The number of pyridine rings is 1. The molecular weight excluding hydrogens is 478 g/mol. The second kappa shape index (κ2) is 10.0. The molecule has 1 aliphatic heterocycles. The van der Waals surface area contributed by atoms with E-state index in [2.05, 4.69) is 47.1 Å². The Kier molecular flexibility index (Phi) is 6.81. The lowest BCUT2D eigenvalue weighted by molar-refractivity contribution is -0.131. The van der Waals surface area contributed by atoms with Crippen LogP contribution in [0, 0.1) is 0 Å². The molecule has 0 spiro atoms. The number of carbonyl (C=O) groups excluding carboxylic acids is 1. The van der Waals surface area contributed by atoms with Gasteiger partial charge in [-0.25, -0.2) is 9.50 Å². The third kappa shape index (κ3) is 4.62. The molecule has 0 radical (unpaired) electrons. The number of H-pyrrole nitrogens is 1. The van der Waals surface area contributed by atoms with E-state index in [9.17, 15) is 13.6 Å². The van der Waals surface area contributed by atoms with E-state index in [0.29, 0.717) is 30.4 Å². The smallest absolute Gasteiger partial charge is 0.223 e. The topological polar surface area (TPSA) is 116 Å². The molecular formula is C26H30N5O4S-. The zero-order valence-electron chi connectivity index (χ0n) is 20.7. The van der Waals surface area contributed by atoms with Gasteiger partial charge in [0.05, 0.1) is 12.8 Å². The molecule has 1 fully saturated rings. The fraction of sp³-hybridized carbons (Fsp3) is 0.423. The number of carbonyl (C=O) groups is 1. The number of piperidine rings is 1. The molecule has 5 rings (SSSR count). The predicted molar refractivity (Wildman–Crippen MR) is 138 cm³/mol. The monoisotopic (exact) mass is 508 g/mol. The van der Waals surface area contributed by atoms with E-state index in [4.69, 9.17) is 4.74 Å². The van der Waals surface area contributed by atoms with Gasteiger partial charge in [0, 0.05) is 47.9 Å². The van der Waals surface area contributed by atoms with Crippen molar-refractivity contribution in [3.8, 4) is 17.0 Å². The first-order valence-corrected chi connectivity index (χ1v) is 13.5. The van der Waals surface area contributed by atoms with E-state index >= 15 is 0 Å². The number of fused-ring (bicyclic) bond motifs is 2. The van der Waals surface area contributed by atoms with Crippen LogP contribution in [-0.2, 0) is 15.9 Å². The molecule has 190 valence electrons.